The zero-order valence-corrected chi connectivity index (χ0v) is 15.6. The van der Waals surface area contributed by atoms with Gasteiger partial charge >= 0.3 is 0 Å². The zero-order chi connectivity index (χ0) is 19.0. The van der Waals surface area contributed by atoms with Crippen LogP contribution in [0.3, 0.4) is 0 Å². The van der Waals surface area contributed by atoms with Crippen molar-refractivity contribution in [3.8, 4) is 5.69 Å². The molecule has 1 aromatic heterocycles. The van der Waals surface area contributed by atoms with Crippen molar-refractivity contribution in [1.29, 1.82) is 0 Å². The summed E-state index contributed by atoms with van der Waals surface area (Å²) >= 11 is 0. The maximum atomic E-state index is 12.0. The Morgan fingerprint density at radius 3 is 2.15 bits per heavy atom. The number of nitrogens with zero attached hydrogens (tertiary/aromatic N) is 3. The van der Waals surface area contributed by atoms with Gasteiger partial charge in [-0.05, 0) is 50.2 Å². The highest BCUT2D eigenvalue weighted by Crippen LogP contribution is 2.30. The van der Waals surface area contributed by atoms with E-state index >= 15 is 0 Å². The number of amides is 1. The van der Waals surface area contributed by atoms with E-state index < -0.39 is 6.23 Å². The van der Waals surface area contributed by atoms with Crippen molar-refractivity contribution in [2.45, 2.75) is 27.0 Å². The van der Waals surface area contributed by atoms with Gasteiger partial charge in [-0.25, -0.2) is 0 Å². The van der Waals surface area contributed by atoms with Crippen LogP contribution in [0.25, 0.3) is 5.69 Å². The molecular formula is C22H21N3O2. The molecule has 0 bridgehead atoms. The number of hydrogen-bond acceptors (Lipinski definition) is 3. The number of hydrazone groups is 1. The van der Waals surface area contributed by atoms with E-state index in [1.165, 1.54) is 23.3 Å². The predicted molar refractivity (Wildman–Crippen MR) is 105 cm³/mol. The van der Waals surface area contributed by atoms with Crippen molar-refractivity contribution in [1.82, 2.24) is 9.58 Å². The number of rotatable bonds is 3. The second kappa shape index (κ2) is 6.76. The Hall–Kier alpha value is -3.34. The number of benzene rings is 2. The summed E-state index contributed by atoms with van der Waals surface area (Å²) in [4.78, 5) is 12.0. The molecule has 1 amide bonds. The second-order valence-electron chi connectivity index (χ2n) is 6.65. The summed E-state index contributed by atoms with van der Waals surface area (Å²) in [7, 11) is 0. The predicted octanol–water partition coefficient (Wildman–Crippen LogP) is 4.33. The molecule has 1 atom stereocenters. The van der Waals surface area contributed by atoms with Gasteiger partial charge in [0.15, 0.2) is 0 Å². The molecule has 0 aliphatic carbocycles. The minimum atomic E-state index is -0.535. The molecule has 1 aliphatic heterocycles. The molecule has 2 heterocycles. The summed E-state index contributed by atoms with van der Waals surface area (Å²) in [5.41, 5.74) is 5.18. The van der Waals surface area contributed by atoms with Gasteiger partial charge in [0.25, 0.3) is 0 Å². The van der Waals surface area contributed by atoms with Gasteiger partial charge in [-0.2, -0.15) is 5.01 Å². The number of aromatic nitrogens is 1. The molecule has 2 aromatic carbocycles. The topological polar surface area (TPSA) is 46.8 Å². The molecule has 0 radical (unpaired) electrons. The zero-order valence-electron chi connectivity index (χ0n) is 15.6. The first-order chi connectivity index (χ1) is 13.0. The van der Waals surface area contributed by atoms with Crippen LogP contribution in [0, 0.1) is 13.8 Å². The van der Waals surface area contributed by atoms with E-state index in [2.05, 4.69) is 35.6 Å². The van der Waals surface area contributed by atoms with Crippen LogP contribution in [-0.4, -0.2) is 21.4 Å². The van der Waals surface area contributed by atoms with Gasteiger partial charge in [-0.3, -0.25) is 4.79 Å². The Morgan fingerprint density at radius 2 is 1.56 bits per heavy atom. The average Bonchev–Trinajstić information content (AvgIpc) is 3.27. The van der Waals surface area contributed by atoms with Crippen LogP contribution in [0.2, 0.25) is 0 Å². The molecule has 1 unspecified atom stereocenters. The lowest BCUT2D eigenvalue weighted by Crippen LogP contribution is -2.25. The third kappa shape index (κ3) is 3.12. The summed E-state index contributed by atoms with van der Waals surface area (Å²) in [6.45, 7) is 5.66. The summed E-state index contributed by atoms with van der Waals surface area (Å²) in [5, 5.41) is 5.80. The van der Waals surface area contributed by atoms with E-state index in [1.54, 1.807) is 0 Å². The summed E-state index contributed by atoms with van der Waals surface area (Å²) in [5.74, 6) is 0.292. The van der Waals surface area contributed by atoms with Crippen LogP contribution in [0.5, 0.6) is 0 Å². The van der Waals surface area contributed by atoms with Gasteiger partial charge in [-0.1, -0.05) is 30.3 Å². The molecule has 0 spiro atoms. The van der Waals surface area contributed by atoms with Crippen LogP contribution >= 0.6 is 0 Å². The third-order valence-electron chi connectivity index (χ3n) is 4.69. The molecule has 1 aliphatic rings. The maximum absolute atomic E-state index is 12.0. The average molecular weight is 359 g/mol. The first kappa shape index (κ1) is 17.1. The number of carbonyl (C=O) groups is 1. The molecule has 0 saturated heterocycles. The van der Waals surface area contributed by atoms with Crippen LogP contribution < -0.4 is 0 Å². The Labute approximate surface area is 158 Å². The standard InChI is InChI=1S/C22H21N3O2/c1-15-9-10-16(2)24(15)20-13-11-18(12-14-20)21-23-25(17(3)26)22(27-21)19-7-5-4-6-8-19/h4-14,22H,1-3H3. The molecule has 4 rings (SSSR count). The van der Waals surface area contributed by atoms with Gasteiger partial charge < -0.3 is 9.30 Å². The summed E-state index contributed by atoms with van der Waals surface area (Å²) < 4.78 is 8.22. The Kier molecular flexibility index (Phi) is 4.28. The largest absolute Gasteiger partial charge is 0.446 e. The lowest BCUT2D eigenvalue weighted by atomic mass is 10.2. The van der Waals surface area contributed by atoms with Gasteiger partial charge in [0.2, 0.25) is 18.0 Å². The van der Waals surface area contributed by atoms with E-state index in [1.807, 2.05) is 54.6 Å². The number of carbonyl (C=O) groups excluding carboxylic acids is 1. The van der Waals surface area contributed by atoms with Gasteiger partial charge in [0.1, 0.15) is 0 Å². The molecule has 0 fully saturated rings. The normalized spacial score (nSPS) is 16.2. The van der Waals surface area contributed by atoms with Gasteiger partial charge in [-0.15, -0.1) is 5.10 Å². The van der Waals surface area contributed by atoms with Crippen molar-refractivity contribution in [3.05, 3.63) is 89.2 Å². The molecule has 0 saturated carbocycles. The SMILES string of the molecule is CC(=O)N1N=C(c2ccc(-n3c(C)ccc3C)cc2)OC1c1ccccc1. The van der Waals surface area contributed by atoms with E-state index in [9.17, 15) is 4.79 Å². The first-order valence-corrected chi connectivity index (χ1v) is 8.90. The first-order valence-electron chi connectivity index (χ1n) is 8.90. The van der Waals surface area contributed by atoms with Crippen molar-refractivity contribution in [3.63, 3.8) is 0 Å². The summed E-state index contributed by atoms with van der Waals surface area (Å²) in [6, 6.07) is 21.9. The second-order valence-corrected chi connectivity index (χ2v) is 6.65. The van der Waals surface area contributed by atoms with Gasteiger partial charge in [0.05, 0.1) is 0 Å². The molecule has 5 heteroatoms. The number of aryl methyl sites for hydroxylation is 2. The third-order valence-corrected chi connectivity index (χ3v) is 4.69. The minimum Gasteiger partial charge on any atom is -0.446 e. The van der Waals surface area contributed by atoms with Crippen molar-refractivity contribution in [2.75, 3.05) is 0 Å². The van der Waals surface area contributed by atoms with Crippen LogP contribution in [-0.2, 0) is 9.53 Å². The smallest absolute Gasteiger partial charge is 0.243 e. The molecule has 3 aromatic rings. The highest BCUT2D eigenvalue weighted by molar-refractivity contribution is 5.96. The lowest BCUT2D eigenvalue weighted by molar-refractivity contribution is -0.135. The molecule has 27 heavy (non-hydrogen) atoms. The molecule has 0 N–H and O–H groups in total. The molecular weight excluding hydrogens is 338 g/mol. The van der Waals surface area contributed by atoms with E-state index in [0.29, 0.717) is 5.90 Å². The fraction of sp³-hybridized carbons (Fsp3) is 0.182. The fourth-order valence-corrected chi connectivity index (χ4v) is 3.35. The van der Waals surface area contributed by atoms with Crippen molar-refractivity contribution < 1.29 is 9.53 Å². The van der Waals surface area contributed by atoms with Crippen LogP contribution in [0.4, 0.5) is 0 Å². The number of ether oxygens (including phenoxy) is 1. The quantitative estimate of drug-likeness (QED) is 0.699. The monoisotopic (exact) mass is 359 g/mol. The lowest BCUT2D eigenvalue weighted by Gasteiger charge is -2.19. The highest BCUT2D eigenvalue weighted by Gasteiger charge is 2.32. The van der Waals surface area contributed by atoms with E-state index in [4.69, 9.17) is 4.74 Å². The van der Waals surface area contributed by atoms with Gasteiger partial charge in [0, 0.05) is 35.1 Å². The summed E-state index contributed by atoms with van der Waals surface area (Å²) in [6.07, 6.45) is -0.535. The van der Waals surface area contributed by atoms with Crippen LogP contribution in [0.1, 0.15) is 35.7 Å². The molecule has 5 nitrogen and oxygen atoms in total. The molecule has 136 valence electrons. The Balaban J connectivity index is 1.64. The minimum absolute atomic E-state index is 0.158. The van der Waals surface area contributed by atoms with Crippen molar-refractivity contribution in [2.24, 2.45) is 5.10 Å². The van der Waals surface area contributed by atoms with E-state index in [0.717, 1.165) is 16.8 Å². The fourth-order valence-electron chi connectivity index (χ4n) is 3.35. The Bertz CT molecular complexity index is 984. The van der Waals surface area contributed by atoms with E-state index in [-0.39, 0.29) is 5.91 Å². The highest BCUT2D eigenvalue weighted by atomic mass is 16.5. The maximum Gasteiger partial charge on any atom is 0.243 e. The van der Waals surface area contributed by atoms with Crippen LogP contribution in [0.15, 0.2) is 71.8 Å². The van der Waals surface area contributed by atoms with Crippen molar-refractivity contribution >= 4 is 11.8 Å². The number of hydrogen-bond donors (Lipinski definition) is 0. The Morgan fingerprint density at radius 1 is 0.926 bits per heavy atom.